The molecule has 0 saturated heterocycles. The van der Waals surface area contributed by atoms with Gasteiger partial charge in [0.25, 0.3) is 0 Å². The van der Waals surface area contributed by atoms with Gasteiger partial charge in [-0.3, -0.25) is 5.01 Å². The summed E-state index contributed by atoms with van der Waals surface area (Å²) in [6.45, 7) is 3.88. The van der Waals surface area contributed by atoms with Gasteiger partial charge >= 0.3 is 5.69 Å². The van der Waals surface area contributed by atoms with Crippen molar-refractivity contribution in [2.45, 2.75) is 0 Å². The molecule has 0 atom stereocenters. The van der Waals surface area contributed by atoms with Crippen LogP contribution in [0.15, 0.2) is 42.1 Å². The number of methoxy groups -OCH3 is 1. The Hall–Kier alpha value is -2.74. The Morgan fingerprint density at radius 3 is 3.00 bits per heavy atom. The van der Waals surface area contributed by atoms with Crippen LogP contribution in [-0.2, 0) is 0 Å². The van der Waals surface area contributed by atoms with E-state index in [1.165, 1.54) is 23.0 Å². The lowest BCUT2D eigenvalue weighted by atomic mass is 10.4. The van der Waals surface area contributed by atoms with E-state index >= 15 is 0 Å². The summed E-state index contributed by atoms with van der Waals surface area (Å²) in [4.78, 5) is 23.9. The molecule has 2 rings (SSSR count). The normalized spacial score (nSPS) is 10.1. The van der Waals surface area contributed by atoms with Crippen molar-refractivity contribution in [3.63, 3.8) is 0 Å². The molecule has 0 amide bonds. The van der Waals surface area contributed by atoms with Crippen LogP contribution in [-0.4, -0.2) is 33.2 Å². The summed E-state index contributed by atoms with van der Waals surface area (Å²) in [5.41, 5.74) is -0.550. The fraction of sp³-hybridized carbons (Fsp3) is 0.167. The van der Waals surface area contributed by atoms with Gasteiger partial charge in [-0.2, -0.15) is 4.98 Å². The average Bonchev–Trinajstić information content (AvgIpc) is 2.47. The summed E-state index contributed by atoms with van der Waals surface area (Å²) >= 11 is 0. The van der Waals surface area contributed by atoms with Crippen molar-refractivity contribution in [1.82, 2.24) is 19.5 Å². The molecule has 0 aliphatic rings. The minimum atomic E-state index is -0.550. The molecule has 0 bridgehead atoms. The Labute approximate surface area is 115 Å². The van der Waals surface area contributed by atoms with Crippen molar-refractivity contribution in [2.24, 2.45) is 5.84 Å². The Morgan fingerprint density at radius 2 is 2.35 bits per heavy atom. The lowest BCUT2D eigenvalue weighted by Gasteiger charge is -2.14. The molecule has 2 aromatic heterocycles. The van der Waals surface area contributed by atoms with Crippen LogP contribution in [0.4, 0.5) is 5.95 Å². The van der Waals surface area contributed by atoms with E-state index in [4.69, 9.17) is 10.6 Å². The molecule has 0 spiro atoms. The van der Waals surface area contributed by atoms with E-state index in [0.29, 0.717) is 18.1 Å². The first-order valence-electron chi connectivity index (χ1n) is 5.75. The molecule has 0 aromatic carbocycles. The van der Waals surface area contributed by atoms with Crippen molar-refractivity contribution in [3.8, 4) is 11.6 Å². The molecule has 20 heavy (non-hydrogen) atoms. The molecule has 2 heterocycles. The molecule has 2 aromatic rings. The number of nitrogens with two attached hydrogens (primary N) is 1. The number of hydrazine groups is 1. The molecule has 104 valence electrons. The Kier molecular flexibility index (Phi) is 4.06. The zero-order valence-electron chi connectivity index (χ0n) is 10.9. The van der Waals surface area contributed by atoms with E-state index in [0.717, 1.165) is 0 Å². The van der Waals surface area contributed by atoms with Crippen LogP contribution in [0, 0.1) is 0 Å². The fourth-order valence-corrected chi connectivity index (χ4v) is 1.55. The second-order valence-corrected chi connectivity index (χ2v) is 3.78. The molecule has 0 fully saturated rings. The highest BCUT2D eigenvalue weighted by atomic mass is 16.5. The van der Waals surface area contributed by atoms with E-state index in [-0.39, 0.29) is 5.95 Å². The number of hydrogen-bond acceptors (Lipinski definition) is 7. The molecule has 0 saturated carbocycles. The summed E-state index contributed by atoms with van der Waals surface area (Å²) in [7, 11) is 1.49. The largest absolute Gasteiger partial charge is 0.493 e. The van der Waals surface area contributed by atoms with Crippen LogP contribution >= 0.6 is 0 Å². The Balaban J connectivity index is 2.44. The molecular formula is C12H14N6O2. The zero-order valence-corrected chi connectivity index (χ0v) is 10.9. The molecule has 0 unspecified atom stereocenters. The third kappa shape index (κ3) is 2.64. The smallest absolute Gasteiger partial charge is 0.358 e. The molecule has 0 aliphatic carbocycles. The minimum Gasteiger partial charge on any atom is -0.493 e. The lowest BCUT2D eigenvalue weighted by Crippen LogP contribution is -2.35. The van der Waals surface area contributed by atoms with E-state index in [1.807, 2.05) is 0 Å². The second kappa shape index (κ2) is 5.93. The van der Waals surface area contributed by atoms with E-state index in [2.05, 4.69) is 21.5 Å². The number of anilines is 1. The zero-order chi connectivity index (χ0) is 14.5. The van der Waals surface area contributed by atoms with Crippen molar-refractivity contribution >= 4 is 5.95 Å². The highest BCUT2D eigenvalue weighted by Gasteiger charge is 2.11. The van der Waals surface area contributed by atoms with Gasteiger partial charge in [-0.15, -0.1) is 6.58 Å². The van der Waals surface area contributed by atoms with E-state index in [1.54, 1.807) is 24.4 Å². The Morgan fingerprint density at radius 1 is 1.55 bits per heavy atom. The summed E-state index contributed by atoms with van der Waals surface area (Å²) in [6.07, 6.45) is 4.43. The summed E-state index contributed by atoms with van der Waals surface area (Å²) in [5.74, 6) is 6.54. The summed E-state index contributed by atoms with van der Waals surface area (Å²) in [5, 5.41) is 1.22. The first-order valence-corrected chi connectivity index (χ1v) is 5.75. The maximum Gasteiger partial charge on any atom is 0.358 e. The van der Waals surface area contributed by atoms with Crippen molar-refractivity contribution in [1.29, 1.82) is 0 Å². The molecule has 8 nitrogen and oxygen atoms in total. The third-order valence-corrected chi connectivity index (χ3v) is 2.47. The average molecular weight is 274 g/mol. The van der Waals surface area contributed by atoms with Gasteiger partial charge in [0, 0.05) is 6.20 Å². The van der Waals surface area contributed by atoms with Gasteiger partial charge in [-0.05, 0) is 12.1 Å². The lowest BCUT2D eigenvalue weighted by molar-refractivity contribution is 0.410. The van der Waals surface area contributed by atoms with Gasteiger partial charge in [-0.25, -0.2) is 25.2 Å². The van der Waals surface area contributed by atoms with Gasteiger partial charge < -0.3 is 4.74 Å². The number of hydrogen-bond donors (Lipinski definition) is 1. The highest BCUT2D eigenvalue weighted by Crippen LogP contribution is 2.17. The maximum absolute atomic E-state index is 12.0. The number of rotatable bonds is 5. The van der Waals surface area contributed by atoms with E-state index in [9.17, 15) is 4.79 Å². The van der Waals surface area contributed by atoms with Gasteiger partial charge in [0.05, 0.1) is 13.7 Å². The van der Waals surface area contributed by atoms with Gasteiger partial charge in [0.1, 0.15) is 6.33 Å². The van der Waals surface area contributed by atoms with Crippen molar-refractivity contribution in [3.05, 3.63) is 47.8 Å². The topological polar surface area (TPSA) is 99.2 Å². The van der Waals surface area contributed by atoms with Crippen LogP contribution < -0.4 is 21.3 Å². The van der Waals surface area contributed by atoms with Crippen LogP contribution in [0.1, 0.15) is 0 Å². The van der Waals surface area contributed by atoms with E-state index < -0.39 is 5.69 Å². The molecule has 8 heteroatoms. The second-order valence-electron chi connectivity index (χ2n) is 3.78. The van der Waals surface area contributed by atoms with Crippen LogP contribution in [0.3, 0.4) is 0 Å². The number of nitrogens with zero attached hydrogens (tertiary/aromatic N) is 5. The number of pyridine rings is 1. The van der Waals surface area contributed by atoms with Crippen LogP contribution in [0.5, 0.6) is 5.75 Å². The quantitative estimate of drug-likeness (QED) is 0.461. The Bertz CT molecular complexity index is 669. The number of ether oxygens (including phenoxy) is 1. The van der Waals surface area contributed by atoms with Crippen LogP contribution in [0.25, 0.3) is 5.82 Å². The van der Waals surface area contributed by atoms with Crippen molar-refractivity contribution < 1.29 is 4.74 Å². The van der Waals surface area contributed by atoms with Crippen LogP contribution in [0.2, 0.25) is 0 Å². The third-order valence-electron chi connectivity index (χ3n) is 2.47. The minimum absolute atomic E-state index is 0.112. The summed E-state index contributed by atoms with van der Waals surface area (Å²) in [6, 6.07) is 3.39. The van der Waals surface area contributed by atoms with Gasteiger partial charge in [0.2, 0.25) is 5.95 Å². The SMILES string of the molecule is C=CCN(N)c1ncn(-c2ncccc2OC)c(=O)n1. The predicted octanol–water partition coefficient (Wildman–Crippen LogP) is -0.103. The summed E-state index contributed by atoms with van der Waals surface area (Å²) < 4.78 is 6.33. The monoisotopic (exact) mass is 274 g/mol. The highest BCUT2D eigenvalue weighted by molar-refractivity contribution is 5.39. The predicted molar refractivity (Wildman–Crippen MR) is 73.7 cm³/mol. The molecule has 2 N–H and O–H groups in total. The standard InChI is InChI=1S/C12H14N6O2/c1-3-7-18(13)11-15-8-17(12(19)16-11)10-9(20-2)5-4-6-14-10/h3-6,8H,1,7,13H2,2H3. The number of aromatic nitrogens is 4. The fourth-order valence-electron chi connectivity index (χ4n) is 1.55. The first kappa shape index (κ1) is 13.7. The van der Waals surface area contributed by atoms with Gasteiger partial charge in [-0.1, -0.05) is 6.08 Å². The molecule has 0 radical (unpaired) electrons. The van der Waals surface area contributed by atoms with Crippen molar-refractivity contribution in [2.75, 3.05) is 18.7 Å². The molecule has 0 aliphatic heterocycles. The maximum atomic E-state index is 12.0. The molecular weight excluding hydrogens is 260 g/mol. The van der Waals surface area contributed by atoms with Gasteiger partial charge in [0.15, 0.2) is 11.6 Å². The first-order chi connectivity index (χ1) is 9.67.